The van der Waals surface area contributed by atoms with Crippen molar-refractivity contribution in [2.45, 2.75) is 46.6 Å². The van der Waals surface area contributed by atoms with Crippen LogP contribution in [0.5, 0.6) is 0 Å². The highest BCUT2D eigenvalue weighted by Gasteiger charge is 2.23. The lowest BCUT2D eigenvalue weighted by molar-refractivity contribution is -0.116. The zero-order chi connectivity index (χ0) is 26.5. The molecule has 3 rings (SSSR count). The van der Waals surface area contributed by atoms with Gasteiger partial charge in [-0.3, -0.25) is 4.79 Å². The average molecular weight is 531 g/mol. The lowest BCUT2D eigenvalue weighted by Gasteiger charge is -2.24. The number of benzene rings is 2. The van der Waals surface area contributed by atoms with Crippen molar-refractivity contribution in [3.63, 3.8) is 0 Å². The molecule has 0 fully saturated rings. The topological polar surface area (TPSA) is 79.3 Å². The molecule has 3 aromatic rings. The van der Waals surface area contributed by atoms with Crippen molar-refractivity contribution < 1.29 is 9.59 Å². The zero-order valence-corrected chi connectivity index (χ0v) is 22.8. The second-order valence-electron chi connectivity index (χ2n) is 10.1. The summed E-state index contributed by atoms with van der Waals surface area (Å²) in [7, 11) is 0. The van der Waals surface area contributed by atoms with Gasteiger partial charge in [-0.05, 0) is 29.7 Å². The molecule has 0 saturated carbocycles. The number of aromatic nitrogens is 2. The molecular formula is C27H33Cl2N5O2. The van der Waals surface area contributed by atoms with Crippen LogP contribution in [-0.4, -0.2) is 39.7 Å². The van der Waals surface area contributed by atoms with Crippen LogP contribution in [0.2, 0.25) is 10.0 Å². The molecule has 0 saturated heterocycles. The van der Waals surface area contributed by atoms with E-state index in [9.17, 15) is 9.59 Å². The van der Waals surface area contributed by atoms with E-state index < -0.39 is 0 Å². The summed E-state index contributed by atoms with van der Waals surface area (Å²) < 4.78 is 1.63. The first-order valence-electron chi connectivity index (χ1n) is 11.9. The average Bonchev–Trinajstić information content (AvgIpc) is 3.23. The number of halogens is 2. The number of nitrogens with one attached hydrogen (secondary N) is 2. The molecule has 3 amide bonds. The highest BCUT2D eigenvalue weighted by Crippen LogP contribution is 2.29. The second kappa shape index (κ2) is 11.8. The molecule has 0 aliphatic carbocycles. The summed E-state index contributed by atoms with van der Waals surface area (Å²) in [6.07, 6.45) is 0. The van der Waals surface area contributed by atoms with Crippen molar-refractivity contribution in [2.75, 3.05) is 18.4 Å². The molecule has 0 aliphatic heterocycles. The normalized spacial score (nSPS) is 11.4. The lowest BCUT2D eigenvalue weighted by Crippen LogP contribution is -2.45. The summed E-state index contributed by atoms with van der Waals surface area (Å²) in [6.45, 7) is 10.9. The van der Waals surface area contributed by atoms with Gasteiger partial charge < -0.3 is 15.5 Å². The highest BCUT2D eigenvalue weighted by molar-refractivity contribution is 6.42. The fourth-order valence-corrected chi connectivity index (χ4v) is 3.84. The number of hydrogen-bond donors (Lipinski definition) is 2. The van der Waals surface area contributed by atoms with Gasteiger partial charge in [-0.25, -0.2) is 9.48 Å². The number of urea groups is 1. The molecular weight excluding hydrogens is 497 g/mol. The van der Waals surface area contributed by atoms with Crippen LogP contribution in [-0.2, 0) is 16.8 Å². The number of hydrogen-bond acceptors (Lipinski definition) is 3. The van der Waals surface area contributed by atoms with Gasteiger partial charge >= 0.3 is 6.03 Å². The van der Waals surface area contributed by atoms with E-state index in [1.807, 2.05) is 71.0 Å². The molecule has 2 N–H and O–H groups in total. The fourth-order valence-electron chi connectivity index (χ4n) is 3.55. The summed E-state index contributed by atoms with van der Waals surface area (Å²) >= 11 is 12.3. The van der Waals surface area contributed by atoms with Crippen LogP contribution in [0, 0.1) is 5.92 Å². The van der Waals surface area contributed by atoms with E-state index in [-0.39, 0.29) is 29.8 Å². The maximum atomic E-state index is 13.1. The molecule has 0 aliphatic rings. The monoisotopic (exact) mass is 529 g/mol. The number of carbonyl (C=O) groups is 2. The van der Waals surface area contributed by atoms with Gasteiger partial charge in [0.05, 0.1) is 21.4 Å². The number of amides is 3. The standard InChI is InChI=1S/C27H33Cl2N5O2/c1-18(2)16-33(26(36)30-15-19-9-7-6-8-10-19)17-25(35)31-24-14-23(27(3,4)5)32-34(24)20-11-12-21(28)22(29)13-20/h6-14,18H,15-17H2,1-5H3,(H,30,36)(H,31,35). The first-order valence-corrected chi connectivity index (χ1v) is 12.6. The molecule has 9 heteroatoms. The van der Waals surface area contributed by atoms with E-state index in [2.05, 4.69) is 10.6 Å². The maximum absolute atomic E-state index is 13.1. The smallest absolute Gasteiger partial charge is 0.318 e. The van der Waals surface area contributed by atoms with E-state index in [1.54, 1.807) is 22.9 Å². The SMILES string of the molecule is CC(C)CN(CC(=O)Nc1cc(C(C)(C)C)nn1-c1ccc(Cl)c(Cl)c1)C(=O)NCc1ccccc1. The molecule has 192 valence electrons. The minimum Gasteiger partial charge on any atom is -0.334 e. The van der Waals surface area contributed by atoms with Gasteiger partial charge in [-0.1, -0.05) is 88.2 Å². The Morgan fingerprint density at radius 1 is 1.03 bits per heavy atom. The van der Waals surface area contributed by atoms with Crippen LogP contribution < -0.4 is 10.6 Å². The fraction of sp³-hybridized carbons (Fsp3) is 0.370. The minimum absolute atomic E-state index is 0.101. The molecule has 1 heterocycles. The summed E-state index contributed by atoms with van der Waals surface area (Å²) in [5, 5.41) is 11.4. The van der Waals surface area contributed by atoms with E-state index in [1.165, 1.54) is 4.90 Å². The van der Waals surface area contributed by atoms with Crippen LogP contribution >= 0.6 is 23.2 Å². The molecule has 0 radical (unpaired) electrons. The van der Waals surface area contributed by atoms with Crippen molar-refractivity contribution in [3.8, 4) is 5.69 Å². The van der Waals surface area contributed by atoms with E-state index >= 15 is 0 Å². The molecule has 1 aromatic heterocycles. The Hall–Kier alpha value is -3.03. The third kappa shape index (κ3) is 7.48. The highest BCUT2D eigenvalue weighted by atomic mass is 35.5. The number of carbonyl (C=O) groups excluding carboxylic acids is 2. The van der Waals surface area contributed by atoms with Gasteiger partial charge in [0.15, 0.2) is 0 Å². The number of nitrogens with zero attached hydrogens (tertiary/aromatic N) is 3. The molecule has 0 unspecified atom stereocenters. The van der Waals surface area contributed by atoms with Crippen molar-refractivity contribution >= 4 is 41.0 Å². The molecule has 0 spiro atoms. The lowest BCUT2D eigenvalue weighted by atomic mass is 9.92. The molecule has 0 bridgehead atoms. The van der Waals surface area contributed by atoms with Gasteiger partial charge in [0.2, 0.25) is 5.91 Å². The first-order chi connectivity index (χ1) is 16.9. The summed E-state index contributed by atoms with van der Waals surface area (Å²) in [4.78, 5) is 27.6. The second-order valence-corrected chi connectivity index (χ2v) is 11.0. The zero-order valence-electron chi connectivity index (χ0n) is 21.3. The number of rotatable bonds is 8. The number of anilines is 1. The van der Waals surface area contributed by atoms with Crippen LogP contribution in [0.25, 0.3) is 5.69 Å². The van der Waals surface area contributed by atoms with Gasteiger partial charge in [0, 0.05) is 24.6 Å². The Morgan fingerprint density at radius 2 is 1.72 bits per heavy atom. The van der Waals surface area contributed by atoms with E-state index in [4.69, 9.17) is 28.3 Å². The van der Waals surface area contributed by atoms with Gasteiger partial charge in [0.1, 0.15) is 12.4 Å². The predicted molar refractivity (Wildman–Crippen MR) is 146 cm³/mol. The van der Waals surface area contributed by atoms with Crippen molar-refractivity contribution in [2.24, 2.45) is 5.92 Å². The Labute approximate surface area is 222 Å². The van der Waals surface area contributed by atoms with Gasteiger partial charge in [-0.2, -0.15) is 5.10 Å². The van der Waals surface area contributed by atoms with Crippen LogP contribution in [0.15, 0.2) is 54.6 Å². The van der Waals surface area contributed by atoms with Crippen molar-refractivity contribution in [3.05, 3.63) is 75.9 Å². The third-order valence-electron chi connectivity index (χ3n) is 5.39. The van der Waals surface area contributed by atoms with Crippen LogP contribution in [0.1, 0.15) is 45.9 Å². The quantitative estimate of drug-likeness (QED) is 0.360. The molecule has 0 atom stereocenters. The van der Waals surface area contributed by atoms with Crippen molar-refractivity contribution in [1.82, 2.24) is 20.0 Å². The maximum Gasteiger partial charge on any atom is 0.318 e. The first kappa shape index (κ1) is 27.6. The largest absolute Gasteiger partial charge is 0.334 e. The predicted octanol–water partition coefficient (Wildman–Crippen LogP) is 6.28. The van der Waals surface area contributed by atoms with Crippen molar-refractivity contribution in [1.29, 1.82) is 0 Å². The molecule has 2 aromatic carbocycles. The van der Waals surface area contributed by atoms with Crippen LogP contribution in [0.3, 0.4) is 0 Å². The Balaban J connectivity index is 1.79. The molecule has 36 heavy (non-hydrogen) atoms. The van der Waals surface area contributed by atoms with Crippen LogP contribution in [0.4, 0.5) is 10.6 Å². The van der Waals surface area contributed by atoms with E-state index in [0.29, 0.717) is 34.6 Å². The van der Waals surface area contributed by atoms with Gasteiger partial charge in [-0.15, -0.1) is 0 Å². The third-order valence-corrected chi connectivity index (χ3v) is 6.13. The summed E-state index contributed by atoms with van der Waals surface area (Å²) in [5.74, 6) is 0.346. The Bertz CT molecular complexity index is 1200. The Morgan fingerprint density at radius 3 is 2.33 bits per heavy atom. The summed E-state index contributed by atoms with van der Waals surface area (Å²) in [6, 6.07) is 16.4. The van der Waals surface area contributed by atoms with E-state index in [0.717, 1.165) is 11.3 Å². The summed E-state index contributed by atoms with van der Waals surface area (Å²) in [5.41, 5.74) is 2.19. The van der Waals surface area contributed by atoms with Gasteiger partial charge in [0.25, 0.3) is 0 Å². The minimum atomic E-state index is -0.327. The Kier molecular flexibility index (Phi) is 9.03. The molecule has 7 nitrogen and oxygen atoms in total.